The van der Waals surface area contributed by atoms with Crippen LogP contribution in [0.25, 0.3) is 0 Å². The van der Waals surface area contributed by atoms with E-state index < -0.39 is 0 Å². The van der Waals surface area contributed by atoms with Crippen molar-refractivity contribution in [2.45, 2.75) is 12.8 Å². The molecule has 0 rings (SSSR count). The van der Waals surface area contributed by atoms with Gasteiger partial charge in [0.25, 0.3) is 0 Å². The molecule has 10 heavy (non-hydrogen) atoms. The van der Waals surface area contributed by atoms with Crippen LogP contribution in [0.5, 0.6) is 0 Å². The molecule has 0 amide bonds. The molecule has 0 aromatic heterocycles. The monoisotopic (exact) mass is 200 g/mol. The molecule has 0 aromatic carbocycles. The SMILES string of the molecule is C=CCCCOC(=S)[S-].[K+]. The largest absolute Gasteiger partial charge is 1.00 e. The molecule has 0 aliphatic heterocycles. The molecule has 0 atom stereocenters. The van der Waals surface area contributed by atoms with Crippen LogP contribution >= 0.6 is 12.2 Å². The molecule has 0 unspecified atom stereocenters. The van der Waals surface area contributed by atoms with Crippen molar-refractivity contribution in [1.82, 2.24) is 0 Å². The van der Waals surface area contributed by atoms with E-state index in [1.54, 1.807) is 0 Å². The van der Waals surface area contributed by atoms with E-state index >= 15 is 0 Å². The summed E-state index contributed by atoms with van der Waals surface area (Å²) in [4.78, 5) is 0. The molecule has 0 radical (unpaired) electrons. The average molecular weight is 200 g/mol. The van der Waals surface area contributed by atoms with E-state index in [1.807, 2.05) is 6.08 Å². The van der Waals surface area contributed by atoms with Gasteiger partial charge < -0.3 is 29.6 Å². The van der Waals surface area contributed by atoms with Gasteiger partial charge in [0.2, 0.25) is 0 Å². The number of ether oxygens (including phenoxy) is 1. The first-order chi connectivity index (χ1) is 4.27. The summed E-state index contributed by atoms with van der Waals surface area (Å²) in [6, 6.07) is 0. The zero-order valence-electron chi connectivity index (χ0n) is 6.13. The fourth-order valence-corrected chi connectivity index (χ4v) is 0.550. The molecule has 52 valence electrons. The molecule has 0 bridgehead atoms. The van der Waals surface area contributed by atoms with Crippen molar-refractivity contribution in [3.63, 3.8) is 0 Å². The second kappa shape index (κ2) is 10.5. The number of hydrogen-bond acceptors (Lipinski definition) is 3. The fraction of sp³-hybridized carbons (Fsp3) is 0.500. The molecule has 0 aliphatic carbocycles. The van der Waals surface area contributed by atoms with Crippen molar-refractivity contribution in [1.29, 1.82) is 0 Å². The second-order valence-corrected chi connectivity index (χ2v) is 2.53. The second-order valence-electron chi connectivity index (χ2n) is 1.53. The van der Waals surface area contributed by atoms with Gasteiger partial charge in [-0.15, -0.1) is 6.58 Å². The van der Waals surface area contributed by atoms with E-state index in [0.717, 1.165) is 12.8 Å². The molecular weight excluding hydrogens is 191 g/mol. The number of unbranched alkanes of at least 4 members (excludes halogenated alkanes) is 1. The summed E-state index contributed by atoms with van der Waals surface area (Å²) in [7, 11) is 0. The molecule has 1 nitrogen and oxygen atoms in total. The first kappa shape index (κ1) is 14.0. The molecule has 0 fully saturated rings. The number of hydrogen-bond donors (Lipinski definition) is 0. The zero-order valence-corrected chi connectivity index (χ0v) is 10.9. The first-order valence-electron chi connectivity index (χ1n) is 2.72. The summed E-state index contributed by atoms with van der Waals surface area (Å²) in [5.41, 5.74) is 0. The van der Waals surface area contributed by atoms with Gasteiger partial charge in [0.15, 0.2) is 0 Å². The summed E-state index contributed by atoms with van der Waals surface area (Å²) < 4.78 is 5.05. The minimum Gasteiger partial charge on any atom is -0.514 e. The molecule has 0 aliphatic rings. The van der Waals surface area contributed by atoms with Gasteiger partial charge in [0.05, 0.1) is 6.61 Å². The maximum absolute atomic E-state index is 4.84. The maximum Gasteiger partial charge on any atom is 1.00 e. The summed E-state index contributed by atoms with van der Waals surface area (Å²) in [6.07, 6.45) is 3.74. The third kappa shape index (κ3) is 12.2. The van der Waals surface area contributed by atoms with Crippen molar-refractivity contribution >= 4 is 29.2 Å². The van der Waals surface area contributed by atoms with Crippen LogP contribution in [-0.4, -0.2) is 11.0 Å². The van der Waals surface area contributed by atoms with Crippen LogP contribution in [0.2, 0.25) is 0 Å². The third-order valence-corrected chi connectivity index (χ3v) is 1.01. The summed E-state index contributed by atoms with van der Waals surface area (Å²) in [5.74, 6) is 0. The quantitative estimate of drug-likeness (QED) is 0.186. The molecule has 4 heteroatoms. The number of allylic oxidation sites excluding steroid dienone is 1. The van der Waals surface area contributed by atoms with Gasteiger partial charge in [-0.2, -0.15) is 0 Å². The Balaban J connectivity index is 0. The van der Waals surface area contributed by atoms with Gasteiger partial charge in [0, 0.05) is 4.38 Å². The van der Waals surface area contributed by atoms with E-state index in [1.165, 1.54) is 0 Å². The van der Waals surface area contributed by atoms with E-state index in [0.29, 0.717) is 6.61 Å². The van der Waals surface area contributed by atoms with E-state index in [9.17, 15) is 0 Å². The van der Waals surface area contributed by atoms with Gasteiger partial charge in [0.1, 0.15) is 0 Å². The van der Waals surface area contributed by atoms with Crippen molar-refractivity contribution in [3.05, 3.63) is 12.7 Å². The minimum atomic E-state index is 0. The van der Waals surface area contributed by atoms with Gasteiger partial charge in [-0.25, -0.2) is 0 Å². The van der Waals surface area contributed by atoms with Crippen LogP contribution in [0.15, 0.2) is 12.7 Å². The molecule has 0 saturated heterocycles. The third-order valence-electron chi connectivity index (χ3n) is 0.772. The van der Waals surface area contributed by atoms with E-state index in [2.05, 4.69) is 31.4 Å². The Hall–Kier alpha value is 1.49. The average Bonchev–Trinajstić information content (AvgIpc) is 1.80. The van der Waals surface area contributed by atoms with Crippen LogP contribution in [0.3, 0.4) is 0 Å². The topological polar surface area (TPSA) is 9.23 Å². The summed E-state index contributed by atoms with van der Waals surface area (Å²) >= 11 is 9.02. The van der Waals surface area contributed by atoms with Crippen LogP contribution in [0.4, 0.5) is 0 Å². The van der Waals surface area contributed by atoms with E-state index in [-0.39, 0.29) is 55.8 Å². The predicted octanol–water partition coefficient (Wildman–Crippen LogP) is -1.20. The van der Waals surface area contributed by atoms with Crippen molar-refractivity contribution in [2.24, 2.45) is 0 Å². The van der Waals surface area contributed by atoms with Crippen LogP contribution in [-0.2, 0) is 17.4 Å². The van der Waals surface area contributed by atoms with Crippen molar-refractivity contribution in [3.8, 4) is 0 Å². The summed E-state index contributed by atoms with van der Waals surface area (Å²) in [6.45, 7) is 4.18. The Labute approximate surface area is 115 Å². The Kier molecular flexibility index (Phi) is 14.7. The minimum absolute atomic E-state index is 0. The van der Waals surface area contributed by atoms with Gasteiger partial charge in [-0.1, -0.05) is 6.08 Å². The van der Waals surface area contributed by atoms with Crippen LogP contribution < -0.4 is 51.4 Å². The smallest absolute Gasteiger partial charge is 0.514 e. The van der Waals surface area contributed by atoms with Crippen molar-refractivity contribution in [2.75, 3.05) is 6.61 Å². The normalized spacial score (nSPS) is 7.60. The molecule has 0 heterocycles. The molecule has 0 saturated carbocycles. The Morgan fingerprint density at radius 3 is 2.70 bits per heavy atom. The molecule has 0 spiro atoms. The Bertz CT molecular complexity index is 106. The Morgan fingerprint density at radius 1 is 1.70 bits per heavy atom. The first-order valence-corrected chi connectivity index (χ1v) is 3.53. The summed E-state index contributed by atoms with van der Waals surface area (Å²) in [5, 5.41) is 0. The predicted molar refractivity (Wildman–Crippen MR) is 45.3 cm³/mol. The van der Waals surface area contributed by atoms with Crippen LogP contribution in [0.1, 0.15) is 12.8 Å². The van der Waals surface area contributed by atoms with Gasteiger partial charge in [-0.3, -0.25) is 0 Å². The maximum atomic E-state index is 4.84. The van der Waals surface area contributed by atoms with Crippen LogP contribution in [0, 0.1) is 0 Å². The molecule has 0 aromatic rings. The van der Waals surface area contributed by atoms with Gasteiger partial charge in [-0.05, 0) is 12.8 Å². The standard InChI is InChI=1S/C6H10OS2.K/c1-2-3-4-5-7-6(8)9;/h2H,1,3-5H2,(H,8,9);/q;+1/p-1. The number of thiocarbonyl (C=S) groups is 1. The Morgan fingerprint density at radius 2 is 2.30 bits per heavy atom. The van der Waals surface area contributed by atoms with Crippen molar-refractivity contribution < 1.29 is 56.1 Å². The zero-order chi connectivity index (χ0) is 7.11. The fourth-order valence-electron chi connectivity index (χ4n) is 0.383. The van der Waals surface area contributed by atoms with E-state index in [4.69, 9.17) is 4.74 Å². The molecule has 0 N–H and O–H groups in total. The number of rotatable bonds is 4. The van der Waals surface area contributed by atoms with Gasteiger partial charge >= 0.3 is 51.4 Å². The molecular formula is C6H9KOS2.